The molecule has 2 N–H and O–H groups in total. The van der Waals surface area contributed by atoms with E-state index >= 15 is 0 Å². The molecule has 0 aliphatic heterocycles. The average molecular weight is 246 g/mol. The summed E-state index contributed by atoms with van der Waals surface area (Å²) in [5.41, 5.74) is 8.25. The van der Waals surface area contributed by atoms with Crippen molar-refractivity contribution in [3.05, 3.63) is 29.8 Å². The first-order chi connectivity index (χ1) is 8.61. The Bertz CT molecular complexity index is 388. The lowest BCUT2D eigenvalue weighted by Crippen LogP contribution is -2.37. The summed E-state index contributed by atoms with van der Waals surface area (Å²) < 4.78 is 0. The van der Waals surface area contributed by atoms with Crippen LogP contribution in [0.5, 0.6) is 0 Å². The Balaban J connectivity index is 2.08. The maximum Gasteiger partial charge on any atom is 0.0369 e. The largest absolute Gasteiger partial charge is 0.372 e. The van der Waals surface area contributed by atoms with Gasteiger partial charge in [-0.25, -0.2) is 0 Å². The molecule has 1 fully saturated rings. The molecule has 0 amide bonds. The fourth-order valence-corrected chi connectivity index (χ4v) is 2.98. The second-order valence-electron chi connectivity index (χ2n) is 5.91. The first-order valence-corrected chi connectivity index (χ1v) is 7.13. The second kappa shape index (κ2) is 5.75. The van der Waals surface area contributed by atoms with E-state index in [1.807, 2.05) is 0 Å². The van der Waals surface area contributed by atoms with Gasteiger partial charge in [-0.2, -0.15) is 0 Å². The fourth-order valence-electron chi connectivity index (χ4n) is 2.98. The van der Waals surface area contributed by atoms with Crippen LogP contribution in [0.4, 0.5) is 5.69 Å². The number of hydrogen-bond donors (Lipinski definition) is 1. The highest BCUT2D eigenvalue weighted by atomic mass is 15.1. The standard InChI is InChI=1S/C16H26N2/c1-12-7-8-16(9-13(12)2)18(3)15-6-4-5-14(10-15)11-17/h4-6,10,12-13,16H,7-9,11,17H2,1-3H3. The Kier molecular flexibility index (Phi) is 4.28. The minimum Gasteiger partial charge on any atom is -0.372 e. The van der Waals surface area contributed by atoms with Crippen molar-refractivity contribution >= 4 is 5.69 Å². The van der Waals surface area contributed by atoms with E-state index in [4.69, 9.17) is 5.73 Å². The zero-order valence-corrected chi connectivity index (χ0v) is 11.9. The van der Waals surface area contributed by atoms with Gasteiger partial charge in [0.2, 0.25) is 0 Å². The first kappa shape index (κ1) is 13.4. The van der Waals surface area contributed by atoms with E-state index in [0.29, 0.717) is 12.6 Å². The van der Waals surface area contributed by atoms with Gasteiger partial charge in [-0.15, -0.1) is 0 Å². The lowest BCUT2D eigenvalue weighted by atomic mass is 9.78. The molecule has 0 radical (unpaired) electrons. The van der Waals surface area contributed by atoms with E-state index in [0.717, 1.165) is 11.8 Å². The van der Waals surface area contributed by atoms with E-state index in [1.54, 1.807) is 0 Å². The summed E-state index contributed by atoms with van der Waals surface area (Å²) in [6.45, 7) is 5.40. The molecule has 2 rings (SSSR count). The highest BCUT2D eigenvalue weighted by Gasteiger charge is 2.27. The first-order valence-electron chi connectivity index (χ1n) is 7.13. The number of nitrogens with two attached hydrogens (primary N) is 1. The highest BCUT2D eigenvalue weighted by Crippen LogP contribution is 2.33. The molecule has 1 aromatic carbocycles. The summed E-state index contributed by atoms with van der Waals surface area (Å²) in [6.07, 6.45) is 3.98. The van der Waals surface area contributed by atoms with E-state index < -0.39 is 0 Å². The third-order valence-corrected chi connectivity index (χ3v) is 4.67. The maximum atomic E-state index is 5.72. The van der Waals surface area contributed by atoms with Crippen LogP contribution in [0.15, 0.2) is 24.3 Å². The van der Waals surface area contributed by atoms with Crippen molar-refractivity contribution in [1.82, 2.24) is 0 Å². The molecule has 3 unspecified atom stereocenters. The van der Waals surface area contributed by atoms with Crippen LogP contribution < -0.4 is 10.6 Å². The van der Waals surface area contributed by atoms with Gasteiger partial charge < -0.3 is 10.6 Å². The van der Waals surface area contributed by atoms with Gasteiger partial charge in [-0.1, -0.05) is 26.0 Å². The molecule has 1 aromatic rings. The van der Waals surface area contributed by atoms with E-state index in [9.17, 15) is 0 Å². The number of rotatable bonds is 3. The van der Waals surface area contributed by atoms with Crippen molar-refractivity contribution in [2.45, 2.75) is 45.7 Å². The highest BCUT2D eigenvalue weighted by molar-refractivity contribution is 5.48. The van der Waals surface area contributed by atoms with E-state index in [1.165, 1.54) is 30.5 Å². The monoisotopic (exact) mass is 246 g/mol. The van der Waals surface area contributed by atoms with Crippen LogP contribution in [0.25, 0.3) is 0 Å². The molecule has 0 spiro atoms. The zero-order chi connectivity index (χ0) is 13.1. The minimum atomic E-state index is 0.625. The molecule has 2 heteroatoms. The number of nitrogens with zero attached hydrogens (tertiary/aromatic N) is 1. The molecule has 2 nitrogen and oxygen atoms in total. The Morgan fingerprint density at radius 2 is 2.00 bits per heavy atom. The van der Waals surface area contributed by atoms with Crippen molar-refractivity contribution in [2.75, 3.05) is 11.9 Å². The predicted molar refractivity (Wildman–Crippen MR) is 78.7 cm³/mol. The third kappa shape index (κ3) is 2.86. The normalized spacial score (nSPS) is 28.1. The molecule has 1 saturated carbocycles. The Labute approximate surface area is 111 Å². The zero-order valence-electron chi connectivity index (χ0n) is 11.9. The Hall–Kier alpha value is -1.02. The third-order valence-electron chi connectivity index (χ3n) is 4.67. The van der Waals surface area contributed by atoms with E-state index in [-0.39, 0.29) is 0 Å². The smallest absolute Gasteiger partial charge is 0.0369 e. The summed E-state index contributed by atoms with van der Waals surface area (Å²) in [5.74, 6) is 1.72. The van der Waals surface area contributed by atoms with Crippen molar-refractivity contribution in [2.24, 2.45) is 17.6 Å². The van der Waals surface area contributed by atoms with Gasteiger partial charge >= 0.3 is 0 Å². The summed E-state index contributed by atoms with van der Waals surface area (Å²) in [5, 5.41) is 0. The summed E-state index contributed by atoms with van der Waals surface area (Å²) >= 11 is 0. The molecule has 1 aliphatic carbocycles. The molecule has 3 atom stereocenters. The van der Waals surface area contributed by atoms with Gasteiger partial charge in [-0.05, 0) is 48.8 Å². The van der Waals surface area contributed by atoms with Crippen LogP contribution in [0.3, 0.4) is 0 Å². The van der Waals surface area contributed by atoms with Crippen LogP contribution in [-0.4, -0.2) is 13.1 Å². The molecule has 18 heavy (non-hydrogen) atoms. The second-order valence-corrected chi connectivity index (χ2v) is 5.91. The molecule has 0 saturated heterocycles. The summed E-state index contributed by atoms with van der Waals surface area (Å²) in [7, 11) is 2.23. The van der Waals surface area contributed by atoms with Crippen LogP contribution in [0.2, 0.25) is 0 Å². The average Bonchev–Trinajstić information content (AvgIpc) is 2.41. The Morgan fingerprint density at radius 3 is 2.67 bits per heavy atom. The minimum absolute atomic E-state index is 0.625. The lowest BCUT2D eigenvalue weighted by molar-refractivity contribution is 0.247. The maximum absolute atomic E-state index is 5.72. The molecular weight excluding hydrogens is 220 g/mol. The van der Waals surface area contributed by atoms with E-state index in [2.05, 4.69) is 50.1 Å². The quantitative estimate of drug-likeness (QED) is 0.885. The van der Waals surface area contributed by atoms with Gasteiger partial charge in [-0.3, -0.25) is 0 Å². The fraction of sp³-hybridized carbons (Fsp3) is 0.625. The van der Waals surface area contributed by atoms with Crippen LogP contribution in [0.1, 0.15) is 38.7 Å². The Morgan fingerprint density at radius 1 is 1.22 bits per heavy atom. The molecule has 1 aliphatic rings. The topological polar surface area (TPSA) is 29.3 Å². The van der Waals surface area contributed by atoms with Gasteiger partial charge in [0.1, 0.15) is 0 Å². The lowest BCUT2D eigenvalue weighted by Gasteiger charge is -2.38. The SMILES string of the molecule is CC1CCC(N(C)c2cccc(CN)c2)CC1C. The summed E-state index contributed by atoms with van der Waals surface area (Å²) in [4.78, 5) is 2.45. The van der Waals surface area contributed by atoms with Crippen molar-refractivity contribution < 1.29 is 0 Å². The van der Waals surface area contributed by atoms with Gasteiger partial charge in [0.25, 0.3) is 0 Å². The van der Waals surface area contributed by atoms with Gasteiger partial charge in [0, 0.05) is 25.3 Å². The number of hydrogen-bond acceptors (Lipinski definition) is 2. The molecule has 0 aromatic heterocycles. The number of benzene rings is 1. The van der Waals surface area contributed by atoms with Crippen molar-refractivity contribution in [1.29, 1.82) is 0 Å². The number of anilines is 1. The van der Waals surface area contributed by atoms with Crippen molar-refractivity contribution in [3.8, 4) is 0 Å². The van der Waals surface area contributed by atoms with Crippen LogP contribution in [0, 0.1) is 11.8 Å². The molecule has 0 heterocycles. The molecule has 100 valence electrons. The van der Waals surface area contributed by atoms with Gasteiger partial charge in [0.05, 0.1) is 0 Å². The van der Waals surface area contributed by atoms with Gasteiger partial charge in [0.15, 0.2) is 0 Å². The van der Waals surface area contributed by atoms with Crippen molar-refractivity contribution in [3.63, 3.8) is 0 Å². The predicted octanol–water partition coefficient (Wildman–Crippen LogP) is 3.41. The van der Waals surface area contributed by atoms with Crippen LogP contribution >= 0.6 is 0 Å². The van der Waals surface area contributed by atoms with Crippen LogP contribution in [-0.2, 0) is 6.54 Å². The molecular formula is C16H26N2. The molecule has 0 bridgehead atoms. The summed E-state index contributed by atoms with van der Waals surface area (Å²) in [6, 6.07) is 9.32.